The molecule has 0 saturated heterocycles. The van der Waals surface area contributed by atoms with Gasteiger partial charge in [-0.25, -0.2) is 0 Å². The number of aryl methyl sites for hydroxylation is 3. The van der Waals surface area contributed by atoms with E-state index in [4.69, 9.17) is 0 Å². The smallest absolute Gasteiger partial charge is 0.273 e. The van der Waals surface area contributed by atoms with E-state index in [0.717, 1.165) is 30.5 Å². The van der Waals surface area contributed by atoms with Gasteiger partial charge in [0.1, 0.15) is 5.69 Å². The first kappa shape index (κ1) is 19.8. The van der Waals surface area contributed by atoms with Crippen LogP contribution in [0.2, 0.25) is 0 Å². The van der Waals surface area contributed by atoms with E-state index in [0.29, 0.717) is 6.54 Å². The molecule has 0 unspecified atom stereocenters. The lowest BCUT2D eigenvalue weighted by Crippen LogP contribution is -2.26. The van der Waals surface area contributed by atoms with Crippen LogP contribution in [-0.4, -0.2) is 32.6 Å². The minimum Gasteiger partial charge on any atom is -0.390 e. The average molecular weight is 378 g/mol. The van der Waals surface area contributed by atoms with Gasteiger partial charge in [-0.1, -0.05) is 36.4 Å². The standard InChI is InChI=1S/C22H26N4O2/c1-16-11-12-19(14-17(16)2)26-24-20(15-27)21(25-26)22(28)23-13-7-6-10-18-8-4-3-5-9-18/h3-5,8-9,11-12,14,27H,6-7,10,13,15H2,1-2H3,(H,23,28). The number of rotatable bonds is 8. The van der Waals surface area contributed by atoms with Crippen LogP contribution in [0.5, 0.6) is 0 Å². The maximum absolute atomic E-state index is 12.5. The number of aliphatic hydroxyl groups is 1. The van der Waals surface area contributed by atoms with E-state index in [2.05, 4.69) is 27.6 Å². The minimum atomic E-state index is -0.332. The van der Waals surface area contributed by atoms with Crippen LogP contribution in [0.25, 0.3) is 5.69 Å². The van der Waals surface area contributed by atoms with E-state index in [1.807, 2.05) is 50.2 Å². The Morgan fingerprint density at radius 3 is 2.54 bits per heavy atom. The first-order valence-electron chi connectivity index (χ1n) is 9.55. The van der Waals surface area contributed by atoms with Crippen LogP contribution in [0.4, 0.5) is 0 Å². The van der Waals surface area contributed by atoms with E-state index in [9.17, 15) is 9.90 Å². The van der Waals surface area contributed by atoms with Crippen molar-refractivity contribution in [3.05, 3.63) is 76.6 Å². The summed E-state index contributed by atoms with van der Waals surface area (Å²) in [6, 6.07) is 16.1. The van der Waals surface area contributed by atoms with Crippen molar-refractivity contribution in [3.63, 3.8) is 0 Å². The number of amides is 1. The van der Waals surface area contributed by atoms with E-state index >= 15 is 0 Å². The molecule has 3 aromatic rings. The van der Waals surface area contributed by atoms with Crippen molar-refractivity contribution >= 4 is 5.91 Å². The Hall–Kier alpha value is -2.99. The zero-order valence-electron chi connectivity index (χ0n) is 16.4. The molecule has 0 bridgehead atoms. The summed E-state index contributed by atoms with van der Waals surface area (Å²) in [5.74, 6) is -0.307. The van der Waals surface area contributed by atoms with Crippen molar-refractivity contribution in [2.75, 3.05) is 6.54 Å². The summed E-state index contributed by atoms with van der Waals surface area (Å²) in [4.78, 5) is 13.9. The summed E-state index contributed by atoms with van der Waals surface area (Å²) >= 11 is 0. The largest absolute Gasteiger partial charge is 0.390 e. The highest BCUT2D eigenvalue weighted by molar-refractivity contribution is 5.93. The third-order valence-corrected chi connectivity index (χ3v) is 4.79. The third-order valence-electron chi connectivity index (χ3n) is 4.79. The number of hydrogen-bond donors (Lipinski definition) is 2. The molecular formula is C22H26N4O2. The van der Waals surface area contributed by atoms with Crippen molar-refractivity contribution in [3.8, 4) is 5.69 Å². The first-order chi connectivity index (χ1) is 13.6. The number of benzene rings is 2. The molecule has 3 rings (SSSR count). The summed E-state index contributed by atoms with van der Waals surface area (Å²) < 4.78 is 0. The number of carbonyl (C=O) groups is 1. The van der Waals surface area contributed by atoms with E-state index in [1.165, 1.54) is 15.9 Å². The quantitative estimate of drug-likeness (QED) is 0.590. The van der Waals surface area contributed by atoms with Gasteiger partial charge in [-0.05, 0) is 61.9 Å². The van der Waals surface area contributed by atoms with Crippen LogP contribution in [0.15, 0.2) is 48.5 Å². The molecule has 6 heteroatoms. The lowest BCUT2D eigenvalue weighted by atomic mass is 10.1. The average Bonchev–Trinajstić information content (AvgIpc) is 3.15. The SMILES string of the molecule is Cc1ccc(-n2nc(CO)c(C(=O)NCCCCc3ccccc3)n2)cc1C. The number of unbranched alkanes of at least 4 members (excludes halogenated alkanes) is 1. The van der Waals surface area contributed by atoms with Gasteiger partial charge in [-0.2, -0.15) is 4.80 Å². The molecule has 0 saturated carbocycles. The topological polar surface area (TPSA) is 80.0 Å². The van der Waals surface area contributed by atoms with Gasteiger partial charge in [0.25, 0.3) is 5.91 Å². The van der Waals surface area contributed by atoms with Crippen LogP contribution in [0.1, 0.15) is 45.7 Å². The third kappa shape index (κ3) is 4.84. The molecule has 0 aliphatic rings. The number of carbonyl (C=O) groups excluding carboxylic acids is 1. The Labute approximate surface area is 165 Å². The van der Waals surface area contributed by atoms with Gasteiger partial charge in [-0.3, -0.25) is 4.79 Å². The Bertz CT molecular complexity index is 935. The molecule has 1 amide bonds. The molecule has 0 aliphatic carbocycles. The van der Waals surface area contributed by atoms with E-state index in [1.54, 1.807) is 0 Å². The zero-order chi connectivity index (χ0) is 19.9. The Morgan fingerprint density at radius 2 is 1.82 bits per heavy atom. The van der Waals surface area contributed by atoms with Gasteiger partial charge in [0.05, 0.1) is 12.3 Å². The summed E-state index contributed by atoms with van der Waals surface area (Å²) in [5.41, 5.74) is 4.80. The van der Waals surface area contributed by atoms with Crippen molar-refractivity contribution in [1.29, 1.82) is 0 Å². The molecule has 6 nitrogen and oxygen atoms in total. The van der Waals surface area contributed by atoms with Crippen molar-refractivity contribution in [2.24, 2.45) is 0 Å². The van der Waals surface area contributed by atoms with Crippen molar-refractivity contribution in [2.45, 2.75) is 39.7 Å². The van der Waals surface area contributed by atoms with Gasteiger partial charge in [-0.15, -0.1) is 10.2 Å². The molecule has 0 fully saturated rings. The van der Waals surface area contributed by atoms with E-state index < -0.39 is 0 Å². The molecule has 2 aromatic carbocycles. The van der Waals surface area contributed by atoms with Crippen LogP contribution in [0, 0.1) is 13.8 Å². The number of aromatic nitrogens is 3. The van der Waals surface area contributed by atoms with Crippen LogP contribution < -0.4 is 5.32 Å². The molecule has 146 valence electrons. The summed E-state index contributed by atoms with van der Waals surface area (Å²) in [6.07, 6.45) is 2.86. The molecule has 1 heterocycles. The number of hydrogen-bond acceptors (Lipinski definition) is 4. The summed E-state index contributed by atoms with van der Waals surface area (Å²) in [7, 11) is 0. The molecule has 28 heavy (non-hydrogen) atoms. The molecular weight excluding hydrogens is 352 g/mol. The van der Waals surface area contributed by atoms with Crippen LogP contribution >= 0.6 is 0 Å². The van der Waals surface area contributed by atoms with E-state index in [-0.39, 0.29) is 23.9 Å². The van der Waals surface area contributed by atoms with Crippen LogP contribution in [-0.2, 0) is 13.0 Å². The Morgan fingerprint density at radius 1 is 1.04 bits per heavy atom. The predicted octanol–water partition coefficient (Wildman–Crippen LogP) is 3.13. The maximum Gasteiger partial charge on any atom is 0.273 e. The second-order valence-corrected chi connectivity index (χ2v) is 6.91. The Balaban J connectivity index is 1.58. The number of nitrogens with one attached hydrogen (secondary N) is 1. The van der Waals surface area contributed by atoms with Gasteiger partial charge >= 0.3 is 0 Å². The maximum atomic E-state index is 12.5. The van der Waals surface area contributed by atoms with Gasteiger partial charge in [0.2, 0.25) is 0 Å². The van der Waals surface area contributed by atoms with Crippen molar-refractivity contribution < 1.29 is 9.90 Å². The molecule has 0 atom stereocenters. The molecule has 0 radical (unpaired) electrons. The molecule has 2 N–H and O–H groups in total. The number of aliphatic hydroxyl groups excluding tert-OH is 1. The normalized spacial score (nSPS) is 10.8. The van der Waals surface area contributed by atoms with Crippen molar-refractivity contribution in [1.82, 2.24) is 20.3 Å². The molecule has 0 spiro atoms. The lowest BCUT2D eigenvalue weighted by Gasteiger charge is -2.05. The fraction of sp³-hybridized carbons (Fsp3) is 0.318. The highest BCUT2D eigenvalue weighted by atomic mass is 16.3. The Kier molecular flexibility index (Phi) is 6.55. The fourth-order valence-electron chi connectivity index (χ4n) is 2.97. The van der Waals surface area contributed by atoms with Gasteiger partial charge in [0.15, 0.2) is 5.69 Å². The number of nitrogens with zero attached hydrogens (tertiary/aromatic N) is 3. The fourth-order valence-corrected chi connectivity index (χ4v) is 2.97. The highest BCUT2D eigenvalue weighted by Crippen LogP contribution is 2.14. The van der Waals surface area contributed by atoms with Gasteiger partial charge in [0, 0.05) is 6.54 Å². The molecule has 1 aromatic heterocycles. The van der Waals surface area contributed by atoms with Crippen LogP contribution in [0.3, 0.4) is 0 Å². The summed E-state index contributed by atoms with van der Waals surface area (Å²) in [5, 5.41) is 21.0. The summed E-state index contributed by atoms with van der Waals surface area (Å²) in [6.45, 7) is 4.28. The second kappa shape index (κ2) is 9.28. The predicted molar refractivity (Wildman–Crippen MR) is 108 cm³/mol. The highest BCUT2D eigenvalue weighted by Gasteiger charge is 2.18. The first-order valence-corrected chi connectivity index (χ1v) is 9.55. The second-order valence-electron chi connectivity index (χ2n) is 6.91. The van der Waals surface area contributed by atoms with Gasteiger partial charge < -0.3 is 10.4 Å². The monoisotopic (exact) mass is 378 g/mol. The zero-order valence-corrected chi connectivity index (χ0v) is 16.4. The minimum absolute atomic E-state index is 0.170. The molecule has 0 aliphatic heterocycles. The lowest BCUT2D eigenvalue weighted by molar-refractivity contribution is 0.0944.